The van der Waals surface area contributed by atoms with E-state index < -0.39 is 0 Å². The molecule has 0 aliphatic carbocycles. The molecule has 4 rings (SSSR count). The number of ether oxygens (including phenoxy) is 3. The second-order valence-electron chi connectivity index (χ2n) is 6.35. The molecule has 0 spiro atoms. The number of imidazole rings is 1. The van der Waals surface area contributed by atoms with Crippen LogP contribution in [0.25, 0.3) is 5.65 Å². The minimum Gasteiger partial charge on any atom is -0.508 e. The second kappa shape index (κ2) is 7.77. The van der Waals surface area contributed by atoms with E-state index in [0.29, 0.717) is 36.1 Å². The number of amides is 1. The SMILES string of the molecule is CCOc1ccc(OC[C@@H]2CN(c3ccc(O)cc3)C(=O)CO2)c2nccn12. The number of aromatic hydroxyl groups is 1. The standard InChI is InChI=1S/C20H21N3O5/c1-2-26-19-8-7-17(20-21-9-10-22(19)20)28-12-16-11-23(18(25)13-27-16)14-3-5-15(24)6-4-14/h3-10,16,24H,2,11-13H2,1H3/t16-/m0/s1. The number of anilines is 1. The van der Waals surface area contributed by atoms with Crippen LogP contribution in [0.2, 0.25) is 0 Å². The first-order valence-corrected chi connectivity index (χ1v) is 9.08. The largest absolute Gasteiger partial charge is 0.508 e. The normalized spacial score (nSPS) is 17.1. The van der Waals surface area contributed by atoms with Crippen LogP contribution in [-0.2, 0) is 9.53 Å². The maximum absolute atomic E-state index is 12.2. The van der Waals surface area contributed by atoms with Crippen molar-refractivity contribution in [1.29, 1.82) is 0 Å². The van der Waals surface area contributed by atoms with Crippen molar-refractivity contribution >= 4 is 17.2 Å². The number of phenols is 1. The van der Waals surface area contributed by atoms with Crippen molar-refractivity contribution < 1.29 is 24.1 Å². The lowest BCUT2D eigenvalue weighted by Gasteiger charge is -2.32. The summed E-state index contributed by atoms with van der Waals surface area (Å²) in [5.41, 5.74) is 1.38. The first-order chi connectivity index (χ1) is 13.7. The molecule has 1 fully saturated rings. The highest BCUT2D eigenvalue weighted by atomic mass is 16.5. The maximum atomic E-state index is 12.2. The Labute approximate surface area is 161 Å². The molecule has 1 aliphatic rings. The van der Waals surface area contributed by atoms with Gasteiger partial charge in [-0.05, 0) is 37.3 Å². The van der Waals surface area contributed by atoms with Gasteiger partial charge < -0.3 is 24.2 Å². The molecule has 2 aromatic heterocycles. The molecule has 1 N–H and O–H groups in total. The van der Waals surface area contributed by atoms with Gasteiger partial charge in [-0.3, -0.25) is 9.20 Å². The van der Waals surface area contributed by atoms with E-state index >= 15 is 0 Å². The van der Waals surface area contributed by atoms with Crippen LogP contribution < -0.4 is 14.4 Å². The maximum Gasteiger partial charge on any atom is 0.253 e. The summed E-state index contributed by atoms with van der Waals surface area (Å²) in [6.45, 7) is 3.11. The Balaban J connectivity index is 1.46. The Bertz CT molecular complexity index is 970. The molecule has 146 valence electrons. The Hall–Kier alpha value is -3.26. The number of carbonyl (C=O) groups is 1. The third kappa shape index (κ3) is 3.59. The summed E-state index contributed by atoms with van der Waals surface area (Å²) in [5, 5.41) is 9.44. The van der Waals surface area contributed by atoms with Crippen LogP contribution >= 0.6 is 0 Å². The highest BCUT2D eigenvalue weighted by Gasteiger charge is 2.28. The number of hydrogen-bond donors (Lipinski definition) is 1. The van der Waals surface area contributed by atoms with Gasteiger partial charge in [-0.1, -0.05) is 0 Å². The average Bonchev–Trinajstić information content (AvgIpc) is 3.20. The lowest BCUT2D eigenvalue weighted by molar-refractivity contribution is -0.130. The minimum atomic E-state index is -0.284. The number of fused-ring (bicyclic) bond motifs is 1. The molecule has 1 atom stereocenters. The molecule has 0 radical (unpaired) electrons. The Morgan fingerprint density at radius 2 is 2.04 bits per heavy atom. The summed E-state index contributed by atoms with van der Waals surface area (Å²) in [5.74, 6) is 1.34. The first kappa shape index (κ1) is 18.1. The number of aromatic nitrogens is 2. The molecular weight excluding hydrogens is 362 g/mol. The molecule has 8 heteroatoms. The van der Waals surface area contributed by atoms with Crippen LogP contribution in [0.15, 0.2) is 48.8 Å². The monoisotopic (exact) mass is 383 g/mol. The summed E-state index contributed by atoms with van der Waals surface area (Å²) < 4.78 is 19.0. The van der Waals surface area contributed by atoms with E-state index in [9.17, 15) is 9.90 Å². The quantitative estimate of drug-likeness (QED) is 0.703. The van der Waals surface area contributed by atoms with Gasteiger partial charge in [-0.25, -0.2) is 4.98 Å². The molecule has 28 heavy (non-hydrogen) atoms. The molecule has 1 aliphatic heterocycles. The van der Waals surface area contributed by atoms with Crippen LogP contribution in [0.3, 0.4) is 0 Å². The van der Waals surface area contributed by atoms with E-state index in [-0.39, 0.29) is 31.0 Å². The van der Waals surface area contributed by atoms with Gasteiger partial charge in [0, 0.05) is 24.1 Å². The average molecular weight is 383 g/mol. The number of pyridine rings is 1. The molecule has 0 bridgehead atoms. The number of nitrogens with zero attached hydrogens (tertiary/aromatic N) is 3. The number of benzene rings is 1. The number of phenolic OH excluding ortho intramolecular Hbond substituents is 1. The predicted octanol–water partition coefficient (Wildman–Crippen LogP) is 2.25. The first-order valence-electron chi connectivity index (χ1n) is 9.08. The zero-order valence-corrected chi connectivity index (χ0v) is 15.4. The number of rotatable bonds is 6. The topological polar surface area (TPSA) is 85.5 Å². The fourth-order valence-corrected chi connectivity index (χ4v) is 3.13. The van der Waals surface area contributed by atoms with E-state index in [0.717, 1.165) is 0 Å². The van der Waals surface area contributed by atoms with Crippen LogP contribution in [0.4, 0.5) is 5.69 Å². The summed E-state index contributed by atoms with van der Waals surface area (Å²) in [4.78, 5) is 18.2. The van der Waals surface area contributed by atoms with Crippen molar-refractivity contribution in [3.63, 3.8) is 0 Å². The van der Waals surface area contributed by atoms with Crippen molar-refractivity contribution in [2.24, 2.45) is 0 Å². The van der Waals surface area contributed by atoms with Crippen LogP contribution in [0.1, 0.15) is 6.92 Å². The molecule has 1 amide bonds. The van der Waals surface area contributed by atoms with Gasteiger partial charge in [-0.15, -0.1) is 0 Å². The molecule has 3 aromatic rings. The predicted molar refractivity (Wildman–Crippen MR) is 102 cm³/mol. The fourth-order valence-electron chi connectivity index (χ4n) is 3.13. The zero-order chi connectivity index (χ0) is 19.5. The third-order valence-corrected chi connectivity index (χ3v) is 4.48. The van der Waals surface area contributed by atoms with Crippen molar-refractivity contribution in [1.82, 2.24) is 9.38 Å². The van der Waals surface area contributed by atoms with Gasteiger partial charge in [0.1, 0.15) is 25.1 Å². The molecule has 0 saturated carbocycles. The van der Waals surface area contributed by atoms with Gasteiger partial charge >= 0.3 is 0 Å². The molecule has 1 aromatic carbocycles. The second-order valence-corrected chi connectivity index (χ2v) is 6.35. The van der Waals surface area contributed by atoms with Gasteiger partial charge in [0.05, 0.1) is 13.2 Å². The van der Waals surface area contributed by atoms with Gasteiger partial charge in [0.2, 0.25) is 0 Å². The molecule has 8 nitrogen and oxygen atoms in total. The van der Waals surface area contributed by atoms with Crippen molar-refractivity contribution in [2.75, 3.05) is 31.3 Å². The number of hydrogen-bond acceptors (Lipinski definition) is 6. The molecule has 0 unspecified atom stereocenters. The summed E-state index contributed by atoms with van der Waals surface area (Å²) in [6, 6.07) is 10.2. The van der Waals surface area contributed by atoms with Gasteiger partial charge in [0.25, 0.3) is 5.91 Å². The lowest BCUT2D eigenvalue weighted by atomic mass is 10.2. The molecular formula is C20H21N3O5. The smallest absolute Gasteiger partial charge is 0.253 e. The Kier molecular flexibility index (Phi) is 5.03. The highest BCUT2D eigenvalue weighted by Crippen LogP contribution is 2.25. The zero-order valence-electron chi connectivity index (χ0n) is 15.4. The van der Waals surface area contributed by atoms with E-state index in [2.05, 4.69) is 4.98 Å². The third-order valence-electron chi connectivity index (χ3n) is 4.48. The highest BCUT2D eigenvalue weighted by molar-refractivity contribution is 5.95. The Morgan fingerprint density at radius 3 is 2.82 bits per heavy atom. The Morgan fingerprint density at radius 1 is 1.21 bits per heavy atom. The van der Waals surface area contributed by atoms with E-state index in [1.807, 2.05) is 29.7 Å². The van der Waals surface area contributed by atoms with E-state index in [1.165, 1.54) is 0 Å². The molecule has 1 saturated heterocycles. The van der Waals surface area contributed by atoms with E-state index in [1.54, 1.807) is 35.4 Å². The van der Waals surface area contributed by atoms with Gasteiger partial charge in [-0.2, -0.15) is 0 Å². The van der Waals surface area contributed by atoms with Crippen LogP contribution in [0, 0.1) is 0 Å². The van der Waals surface area contributed by atoms with Crippen molar-refractivity contribution in [3.8, 4) is 17.4 Å². The fraction of sp³-hybridized carbons (Fsp3) is 0.300. The minimum absolute atomic E-state index is 0.0169. The van der Waals surface area contributed by atoms with Crippen molar-refractivity contribution in [3.05, 3.63) is 48.8 Å². The van der Waals surface area contributed by atoms with Crippen LogP contribution in [-0.4, -0.2) is 52.9 Å². The summed E-state index contributed by atoms with van der Waals surface area (Å²) in [7, 11) is 0. The summed E-state index contributed by atoms with van der Waals surface area (Å²) >= 11 is 0. The number of carbonyl (C=O) groups excluding carboxylic acids is 1. The van der Waals surface area contributed by atoms with E-state index in [4.69, 9.17) is 14.2 Å². The van der Waals surface area contributed by atoms with Crippen LogP contribution in [0.5, 0.6) is 17.4 Å². The molecule has 3 heterocycles. The summed E-state index contributed by atoms with van der Waals surface area (Å²) in [6.07, 6.45) is 3.22. The van der Waals surface area contributed by atoms with Gasteiger partial charge in [0.15, 0.2) is 17.3 Å². The lowest BCUT2D eigenvalue weighted by Crippen LogP contribution is -2.48. The van der Waals surface area contributed by atoms with Crippen molar-refractivity contribution in [2.45, 2.75) is 13.0 Å². The number of morpholine rings is 1.